The molecular formula is C13H23N3O2S2. The molecule has 0 radical (unpaired) electrons. The van der Waals surface area contributed by atoms with Crippen LogP contribution in [0.4, 0.5) is 0 Å². The predicted molar refractivity (Wildman–Crippen MR) is 83.3 cm³/mol. The van der Waals surface area contributed by atoms with E-state index in [1.54, 1.807) is 16.6 Å². The summed E-state index contributed by atoms with van der Waals surface area (Å²) in [6, 6.07) is 1.77. The molecule has 114 valence electrons. The first-order valence-electron chi connectivity index (χ1n) is 6.99. The van der Waals surface area contributed by atoms with Gasteiger partial charge in [-0.25, -0.2) is 8.42 Å². The van der Waals surface area contributed by atoms with Gasteiger partial charge >= 0.3 is 0 Å². The van der Waals surface area contributed by atoms with E-state index >= 15 is 0 Å². The predicted octanol–water partition coefficient (Wildman–Crippen LogP) is 1.48. The van der Waals surface area contributed by atoms with Crippen LogP contribution in [0.5, 0.6) is 0 Å². The van der Waals surface area contributed by atoms with Crippen LogP contribution in [0.1, 0.15) is 26.0 Å². The third-order valence-electron chi connectivity index (χ3n) is 3.55. The molecule has 1 aromatic rings. The van der Waals surface area contributed by atoms with E-state index in [4.69, 9.17) is 5.73 Å². The van der Waals surface area contributed by atoms with Crippen molar-refractivity contribution in [3.8, 4) is 0 Å². The maximum Gasteiger partial charge on any atom is 0.244 e. The van der Waals surface area contributed by atoms with Gasteiger partial charge in [0, 0.05) is 49.1 Å². The molecule has 1 fully saturated rings. The Hall–Kier alpha value is -0.500. The molecule has 1 atom stereocenters. The molecule has 1 aliphatic rings. The fraction of sp³-hybridized carbons (Fsp3) is 0.692. The van der Waals surface area contributed by atoms with Crippen LogP contribution < -0.4 is 5.73 Å². The third kappa shape index (κ3) is 3.05. The van der Waals surface area contributed by atoms with Gasteiger partial charge < -0.3 is 10.3 Å². The summed E-state index contributed by atoms with van der Waals surface area (Å²) in [6.07, 6.45) is 2.69. The molecule has 1 aromatic heterocycles. The highest BCUT2D eigenvalue weighted by Gasteiger charge is 2.32. The van der Waals surface area contributed by atoms with E-state index < -0.39 is 10.0 Å². The normalized spacial score (nSPS) is 21.2. The van der Waals surface area contributed by atoms with Gasteiger partial charge in [-0.05, 0) is 19.4 Å². The van der Waals surface area contributed by atoms with Gasteiger partial charge in [0.2, 0.25) is 10.0 Å². The lowest BCUT2D eigenvalue weighted by Gasteiger charge is -2.31. The van der Waals surface area contributed by atoms with E-state index in [-0.39, 0.29) is 6.04 Å². The molecule has 0 saturated carbocycles. The Balaban J connectivity index is 2.33. The highest BCUT2D eigenvalue weighted by atomic mass is 32.2. The number of aryl methyl sites for hydroxylation is 1. The molecule has 7 heteroatoms. The minimum Gasteiger partial charge on any atom is -0.349 e. The van der Waals surface area contributed by atoms with E-state index in [9.17, 15) is 8.42 Å². The topological polar surface area (TPSA) is 68.3 Å². The molecule has 0 bridgehead atoms. The fourth-order valence-electron chi connectivity index (χ4n) is 2.49. The van der Waals surface area contributed by atoms with Crippen LogP contribution in [0.25, 0.3) is 0 Å². The van der Waals surface area contributed by atoms with Crippen LogP contribution in [0.15, 0.2) is 17.2 Å². The van der Waals surface area contributed by atoms with Gasteiger partial charge in [0.25, 0.3) is 0 Å². The number of thioether (sulfide) groups is 1. The van der Waals surface area contributed by atoms with Crippen LogP contribution in [-0.4, -0.2) is 41.4 Å². The van der Waals surface area contributed by atoms with Crippen molar-refractivity contribution in [1.82, 2.24) is 8.87 Å². The standard InChI is InChI=1S/C13H23N3O2S2/c1-3-4-15-9-13(7-12(15)8-14)20(17,18)16-5-6-19-10-11(16)2/h7,9,11H,3-6,8,10,14H2,1-2H3. The van der Waals surface area contributed by atoms with E-state index in [0.717, 1.165) is 30.2 Å². The van der Waals surface area contributed by atoms with Crippen LogP contribution in [-0.2, 0) is 23.1 Å². The lowest BCUT2D eigenvalue weighted by molar-refractivity contribution is 0.367. The largest absolute Gasteiger partial charge is 0.349 e. The Morgan fingerprint density at radius 2 is 2.25 bits per heavy atom. The SMILES string of the molecule is CCCn1cc(S(=O)(=O)N2CCSCC2C)cc1CN. The van der Waals surface area contributed by atoms with Crippen molar-refractivity contribution in [3.05, 3.63) is 18.0 Å². The average Bonchev–Trinajstić information content (AvgIpc) is 2.83. The van der Waals surface area contributed by atoms with Gasteiger partial charge in [-0.1, -0.05) is 6.92 Å². The molecule has 2 N–H and O–H groups in total. The molecule has 0 aliphatic carbocycles. The summed E-state index contributed by atoms with van der Waals surface area (Å²) in [7, 11) is -3.40. The minimum atomic E-state index is -3.40. The fourth-order valence-corrected chi connectivity index (χ4v) is 5.41. The lowest BCUT2D eigenvalue weighted by Crippen LogP contribution is -2.44. The monoisotopic (exact) mass is 317 g/mol. The molecule has 20 heavy (non-hydrogen) atoms. The number of hydrogen-bond acceptors (Lipinski definition) is 4. The summed E-state index contributed by atoms with van der Waals surface area (Å²) in [5.74, 6) is 1.72. The molecule has 0 spiro atoms. The highest BCUT2D eigenvalue weighted by molar-refractivity contribution is 7.99. The van der Waals surface area contributed by atoms with E-state index in [1.807, 2.05) is 23.3 Å². The second kappa shape index (κ2) is 6.51. The number of nitrogens with two attached hydrogens (primary N) is 1. The van der Waals surface area contributed by atoms with Crippen molar-refractivity contribution in [1.29, 1.82) is 0 Å². The zero-order valence-electron chi connectivity index (χ0n) is 12.1. The van der Waals surface area contributed by atoms with Gasteiger partial charge in [-0.15, -0.1) is 0 Å². The minimum absolute atomic E-state index is 0.0506. The van der Waals surface area contributed by atoms with Crippen LogP contribution in [0, 0.1) is 0 Å². The first-order chi connectivity index (χ1) is 9.50. The van der Waals surface area contributed by atoms with Gasteiger partial charge in [0.15, 0.2) is 0 Å². The van der Waals surface area contributed by atoms with Crippen LogP contribution in [0.3, 0.4) is 0 Å². The quantitative estimate of drug-likeness (QED) is 0.893. The Morgan fingerprint density at radius 3 is 2.85 bits per heavy atom. The molecule has 0 amide bonds. The van der Waals surface area contributed by atoms with E-state index in [1.165, 1.54) is 0 Å². The number of aromatic nitrogens is 1. The maximum atomic E-state index is 12.7. The summed E-state index contributed by atoms with van der Waals surface area (Å²) in [5, 5.41) is 0. The first kappa shape index (κ1) is 15.9. The van der Waals surface area contributed by atoms with Crippen molar-refractivity contribution in [3.63, 3.8) is 0 Å². The molecule has 2 heterocycles. The lowest BCUT2D eigenvalue weighted by atomic mass is 10.4. The van der Waals surface area contributed by atoms with Crippen LogP contribution >= 0.6 is 11.8 Å². The Labute approximate surface area is 125 Å². The van der Waals surface area contributed by atoms with Crippen molar-refractivity contribution >= 4 is 21.8 Å². The van der Waals surface area contributed by atoms with Gasteiger partial charge in [-0.3, -0.25) is 0 Å². The van der Waals surface area contributed by atoms with Crippen molar-refractivity contribution in [2.24, 2.45) is 5.73 Å². The molecule has 1 unspecified atom stereocenters. The van der Waals surface area contributed by atoms with Gasteiger partial charge in [0.05, 0.1) is 0 Å². The number of rotatable bonds is 5. The summed E-state index contributed by atoms with van der Waals surface area (Å²) in [5.41, 5.74) is 6.59. The molecule has 2 rings (SSSR count). The Morgan fingerprint density at radius 1 is 1.50 bits per heavy atom. The molecule has 0 aromatic carbocycles. The summed E-state index contributed by atoms with van der Waals surface area (Å²) in [6.45, 7) is 5.79. The highest BCUT2D eigenvalue weighted by Crippen LogP contribution is 2.25. The Bertz CT molecular complexity index is 554. The van der Waals surface area contributed by atoms with Crippen LogP contribution in [0.2, 0.25) is 0 Å². The maximum absolute atomic E-state index is 12.7. The summed E-state index contributed by atoms with van der Waals surface area (Å²) in [4.78, 5) is 0.380. The van der Waals surface area contributed by atoms with Gasteiger partial charge in [-0.2, -0.15) is 16.1 Å². The molecule has 5 nitrogen and oxygen atoms in total. The van der Waals surface area contributed by atoms with E-state index in [2.05, 4.69) is 6.92 Å². The average molecular weight is 317 g/mol. The second-order valence-corrected chi connectivity index (χ2v) is 8.14. The van der Waals surface area contributed by atoms with Crippen molar-refractivity contribution in [2.75, 3.05) is 18.1 Å². The second-order valence-electron chi connectivity index (χ2n) is 5.10. The zero-order valence-corrected chi connectivity index (χ0v) is 13.7. The number of sulfonamides is 1. The summed E-state index contributed by atoms with van der Waals surface area (Å²) >= 11 is 1.81. The van der Waals surface area contributed by atoms with Crippen molar-refractivity contribution in [2.45, 2.75) is 44.3 Å². The smallest absolute Gasteiger partial charge is 0.244 e. The van der Waals surface area contributed by atoms with E-state index in [0.29, 0.717) is 18.0 Å². The molecule has 1 saturated heterocycles. The zero-order chi connectivity index (χ0) is 14.8. The van der Waals surface area contributed by atoms with Gasteiger partial charge in [0.1, 0.15) is 4.90 Å². The molecular weight excluding hydrogens is 294 g/mol. The number of nitrogens with zero attached hydrogens (tertiary/aromatic N) is 2. The van der Waals surface area contributed by atoms with Crippen molar-refractivity contribution < 1.29 is 8.42 Å². The first-order valence-corrected chi connectivity index (χ1v) is 9.59. The Kier molecular flexibility index (Phi) is 5.17. The third-order valence-corrected chi connectivity index (χ3v) is 6.72. The molecule has 1 aliphatic heterocycles. The number of hydrogen-bond donors (Lipinski definition) is 1. The summed E-state index contributed by atoms with van der Waals surface area (Å²) < 4.78 is 29.1.